The highest BCUT2D eigenvalue weighted by Gasteiger charge is 2.30. The third kappa shape index (κ3) is 2.33. The summed E-state index contributed by atoms with van der Waals surface area (Å²) in [6.45, 7) is 3.10. The minimum Gasteiger partial charge on any atom is -0.323 e. The molecule has 98 valence electrons. The highest BCUT2D eigenvalue weighted by atomic mass is 19.2. The lowest BCUT2D eigenvalue weighted by Gasteiger charge is -2.14. The summed E-state index contributed by atoms with van der Waals surface area (Å²) in [6, 6.07) is 1.79. The van der Waals surface area contributed by atoms with Crippen LogP contribution in [-0.2, 0) is 4.79 Å². The Morgan fingerprint density at radius 3 is 2.61 bits per heavy atom. The lowest BCUT2D eigenvalue weighted by molar-refractivity contribution is -0.120. The average Bonchev–Trinajstić information content (AvgIpc) is 2.76. The van der Waals surface area contributed by atoms with Gasteiger partial charge in [0.15, 0.2) is 17.5 Å². The van der Waals surface area contributed by atoms with E-state index in [1.165, 1.54) is 0 Å². The summed E-state index contributed by atoms with van der Waals surface area (Å²) in [5, 5.41) is 5.33. The summed E-state index contributed by atoms with van der Waals surface area (Å²) in [5.41, 5.74) is -0.335. The maximum absolute atomic E-state index is 13.4. The van der Waals surface area contributed by atoms with Crippen LogP contribution in [0.2, 0.25) is 0 Å². The van der Waals surface area contributed by atoms with E-state index in [1.807, 2.05) is 6.92 Å². The molecule has 6 heteroatoms. The number of amides is 1. The van der Waals surface area contributed by atoms with Gasteiger partial charge in [-0.15, -0.1) is 0 Å². The van der Waals surface area contributed by atoms with E-state index in [2.05, 4.69) is 10.6 Å². The van der Waals surface area contributed by atoms with Gasteiger partial charge in [0, 0.05) is 6.54 Å². The monoisotopic (exact) mass is 258 g/mol. The van der Waals surface area contributed by atoms with Gasteiger partial charge in [-0.1, -0.05) is 6.92 Å². The highest BCUT2D eigenvalue weighted by Crippen LogP contribution is 2.22. The van der Waals surface area contributed by atoms with Gasteiger partial charge < -0.3 is 10.6 Å². The Morgan fingerprint density at radius 2 is 2.00 bits per heavy atom. The molecule has 0 saturated carbocycles. The molecule has 0 spiro atoms. The topological polar surface area (TPSA) is 41.1 Å². The van der Waals surface area contributed by atoms with Crippen LogP contribution in [0.4, 0.5) is 18.9 Å². The van der Waals surface area contributed by atoms with Gasteiger partial charge in [0.05, 0.1) is 11.6 Å². The number of rotatable bonds is 2. The second-order valence-electron chi connectivity index (χ2n) is 4.45. The molecule has 0 aliphatic carbocycles. The highest BCUT2D eigenvalue weighted by molar-refractivity contribution is 5.93. The Kier molecular flexibility index (Phi) is 3.56. The molecular weight excluding hydrogens is 245 g/mol. The maximum atomic E-state index is 13.4. The number of carbonyl (C=O) groups excluding carboxylic acids is 1. The summed E-state index contributed by atoms with van der Waals surface area (Å²) in [6.07, 6.45) is 0. The number of halogens is 3. The van der Waals surface area contributed by atoms with Crippen molar-refractivity contribution in [2.24, 2.45) is 11.8 Å². The Morgan fingerprint density at radius 1 is 1.28 bits per heavy atom. The van der Waals surface area contributed by atoms with E-state index in [9.17, 15) is 18.0 Å². The Hall–Kier alpha value is -1.56. The smallest absolute Gasteiger partial charge is 0.229 e. The molecule has 1 aromatic rings. The van der Waals surface area contributed by atoms with Gasteiger partial charge >= 0.3 is 0 Å². The molecule has 18 heavy (non-hydrogen) atoms. The van der Waals surface area contributed by atoms with Crippen LogP contribution in [0, 0.1) is 29.3 Å². The number of carbonyl (C=O) groups is 1. The zero-order valence-corrected chi connectivity index (χ0v) is 9.77. The Labute approximate surface area is 102 Å². The van der Waals surface area contributed by atoms with Crippen molar-refractivity contribution < 1.29 is 18.0 Å². The summed E-state index contributed by atoms with van der Waals surface area (Å²) in [4.78, 5) is 11.8. The first kappa shape index (κ1) is 12.9. The van der Waals surface area contributed by atoms with E-state index in [4.69, 9.17) is 0 Å². The third-order valence-electron chi connectivity index (χ3n) is 3.15. The van der Waals surface area contributed by atoms with Crippen LogP contribution < -0.4 is 10.6 Å². The zero-order chi connectivity index (χ0) is 13.3. The number of hydrogen-bond donors (Lipinski definition) is 2. The van der Waals surface area contributed by atoms with Crippen LogP contribution in [0.1, 0.15) is 6.92 Å². The van der Waals surface area contributed by atoms with Crippen LogP contribution in [0.15, 0.2) is 12.1 Å². The van der Waals surface area contributed by atoms with Crippen molar-refractivity contribution in [3.63, 3.8) is 0 Å². The summed E-state index contributed by atoms with van der Waals surface area (Å²) in [7, 11) is 0. The van der Waals surface area contributed by atoms with Crippen molar-refractivity contribution in [1.82, 2.24) is 5.32 Å². The molecule has 0 bridgehead atoms. The van der Waals surface area contributed by atoms with E-state index in [1.54, 1.807) is 0 Å². The molecule has 1 amide bonds. The third-order valence-corrected chi connectivity index (χ3v) is 3.15. The molecule has 2 atom stereocenters. The molecule has 0 radical (unpaired) electrons. The average molecular weight is 258 g/mol. The zero-order valence-electron chi connectivity index (χ0n) is 9.77. The summed E-state index contributed by atoms with van der Waals surface area (Å²) >= 11 is 0. The molecule has 2 rings (SSSR count). The van der Waals surface area contributed by atoms with Crippen LogP contribution in [-0.4, -0.2) is 19.0 Å². The maximum Gasteiger partial charge on any atom is 0.229 e. The van der Waals surface area contributed by atoms with Crippen molar-refractivity contribution in [2.75, 3.05) is 18.4 Å². The molecule has 2 N–H and O–H groups in total. The standard InChI is InChI=1S/C12H13F3N2O/c1-6-4-16-5-7(6)12(18)17-9-3-2-8(13)10(14)11(9)15/h2-3,6-7,16H,4-5H2,1H3,(H,17,18)/t6-,7-/m1/s1. The predicted molar refractivity (Wildman–Crippen MR) is 60.5 cm³/mol. The van der Waals surface area contributed by atoms with Gasteiger partial charge in [0.25, 0.3) is 0 Å². The second-order valence-corrected chi connectivity index (χ2v) is 4.45. The van der Waals surface area contributed by atoms with Gasteiger partial charge in [-0.2, -0.15) is 0 Å². The van der Waals surface area contributed by atoms with Crippen molar-refractivity contribution in [2.45, 2.75) is 6.92 Å². The molecule has 3 nitrogen and oxygen atoms in total. The minimum absolute atomic E-state index is 0.123. The first-order valence-corrected chi connectivity index (χ1v) is 5.65. The lowest BCUT2D eigenvalue weighted by Crippen LogP contribution is -2.28. The van der Waals surface area contributed by atoms with E-state index >= 15 is 0 Å². The van der Waals surface area contributed by atoms with Crippen LogP contribution in [0.3, 0.4) is 0 Å². The normalized spacial score (nSPS) is 23.1. The van der Waals surface area contributed by atoms with E-state index < -0.39 is 23.4 Å². The molecule has 1 aromatic carbocycles. The number of nitrogens with one attached hydrogen (secondary N) is 2. The van der Waals surface area contributed by atoms with Gasteiger partial charge in [0.2, 0.25) is 5.91 Å². The van der Waals surface area contributed by atoms with Crippen LogP contribution in [0.25, 0.3) is 0 Å². The minimum atomic E-state index is -1.58. The molecular formula is C12H13F3N2O. The fraction of sp³-hybridized carbons (Fsp3) is 0.417. The quantitative estimate of drug-likeness (QED) is 0.795. The van der Waals surface area contributed by atoms with E-state index in [0.717, 1.165) is 12.1 Å². The Bertz CT molecular complexity index is 479. The SMILES string of the molecule is C[C@@H]1CNC[C@H]1C(=O)Nc1ccc(F)c(F)c1F. The first-order valence-electron chi connectivity index (χ1n) is 5.65. The van der Waals surface area contributed by atoms with Crippen molar-refractivity contribution in [1.29, 1.82) is 0 Å². The number of benzene rings is 1. The molecule has 1 saturated heterocycles. The van der Waals surface area contributed by atoms with Gasteiger partial charge in [0.1, 0.15) is 0 Å². The van der Waals surface area contributed by atoms with Crippen LogP contribution >= 0.6 is 0 Å². The molecule has 1 fully saturated rings. The van der Waals surface area contributed by atoms with Crippen molar-refractivity contribution in [3.8, 4) is 0 Å². The lowest BCUT2D eigenvalue weighted by atomic mass is 9.97. The van der Waals surface area contributed by atoms with Gasteiger partial charge in [-0.25, -0.2) is 13.2 Å². The van der Waals surface area contributed by atoms with Crippen molar-refractivity contribution in [3.05, 3.63) is 29.6 Å². The van der Waals surface area contributed by atoms with Crippen LogP contribution in [0.5, 0.6) is 0 Å². The van der Waals surface area contributed by atoms with Gasteiger partial charge in [-0.3, -0.25) is 4.79 Å². The molecule has 0 aromatic heterocycles. The largest absolute Gasteiger partial charge is 0.323 e. The molecule has 0 unspecified atom stereocenters. The van der Waals surface area contributed by atoms with E-state index in [0.29, 0.717) is 13.1 Å². The molecule has 1 aliphatic heterocycles. The van der Waals surface area contributed by atoms with Gasteiger partial charge in [-0.05, 0) is 24.6 Å². The fourth-order valence-corrected chi connectivity index (χ4v) is 2.01. The first-order chi connectivity index (χ1) is 8.50. The summed E-state index contributed by atoms with van der Waals surface area (Å²) < 4.78 is 39.1. The predicted octanol–water partition coefficient (Wildman–Crippen LogP) is 1.90. The number of anilines is 1. The number of hydrogen-bond acceptors (Lipinski definition) is 2. The molecule has 1 aliphatic rings. The summed E-state index contributed by atoms with van der Waals surface area (Å²) in [5.74, 6) is -4.79. The fourth-order valence-electron chi connectivity index (χ4n) is 2.01. The van der Waals surface area contributed by atoms with E-state index in [-0.39, 0.29) is 17.5 Å². The Balaban J connectivity index is 2.14. The van der Waals surface area contributed by atoms with Crippen molar-refractivity contribution >= 4 is 11.6 Å². The molecule has 1 heterocycles. The second kappa shape index (κ2) is 4.97.